The number of carbonyl (C=O) groups excluding carboxylic acids is 2. The summed E-state index contributed by atoms with van der Waals surface area (Å²) < 4.78 is 5.38. The first kappa shape index (κ1) is 19.5. The molecule has 5 heteroatoms. The molecule has 0 unspecified atom stereocenters. The third-order valence-corrected chi connectivity index (χ3v) is 4.05. The van der Waals surface area contributed by atoms with E-state index in [4.69, 9.17) is 4.74 Å². The van der Waals surface area contributed by atoms with E-state index in [1.54, 1.807) is 17.0 Å². The van der Waals surface area contributed by atoms with Crippen molar-refractivity contribution in [2.24, 2.45) is 0 Å². The van der Waals surface area contributed by atoms with Crippen molar-refractivity contribution in [3.8, 4) is 5.75 Å². The molecule has 0 heterocycles. The zero-order chi connectivity index (χ0) is 19.1. The summed E-state index contributed by atoms with van der Waals surface area (Å²) in [5, 5.41) is 2.85. The molecule has 0 saturated carbocycles. The number of nitrogens with one attached hydrogen (secondary N) is 1. The van der Waals surface area contributed by atoms with Gasteiger partial charge in [0.25, 0.3) is 0 Å². The zero-order valence-electron chi connectivity index (χ0n) is 15.8. The SMILES string of the molecule is CCOc1ccc(NC(=O)CCN(C(C)=O)c2cc(C)ccc2C)cc1. The summed E-state index contributed by atoms with van der Waals surface area (Å²) in [4.78, 5) is 26.0. The van der Waals surface area contributed by atoms with Crippen molar-refractivity contribution in [2.45, 2.75) is 34.1 Å². The molecule has 0 aromatic heterocycles. The van der Waals surface area contributed by atoms with Gasteiger partial charge in [0.2, 0.25) is 11.8 Å². The van der Waals surface area contributed by atoms with E-state index in [0.717, 1.165) is 22.6 Å². The summed E-state index contributed by atoms with van der Waals surface area (Å²) in [6, 6.07) is 13.2. The summed E-state index contributed by atoms with van der Waals surface area (Å²) in [5.41, 5.74) is 3.65. The summed E-state index contributed by atoms with van der Waals surface area (Å²) in [6.07, 6.45) is 0.222. The second kappa shape index (κ2) is 9.04. The highest BCUT2D eigenvalue weighted by atomic mass is 16.5. The van der Waals surface area contributed by atoms with Crippen molar-refractivity contribution in [2.75, 3.05) is 23.4 Å². The van der Waals surface area contributed by atoms with Crippen LogP contribution in [0.3, 0.4) is 0 Å². The van der Waals surface area contributed by atoms with Gasteiger partial charge in [-0.2, -0.15) is 0 Å². The molecular formula is C21H26N2O3. The molecule has 2 rings (SSSR count). The molecule has 1 N–H and O–H groups in total. The van der Waals surface area contributed by atoms with Crippen molar-refractivity contribution >= 4 is 23.2 Å². The van der Waals surface area contributed by atoms with Gasteiger partial charge in [-0.15, -0.1) is 0 Å². The summed E-state index contributed by atoms with van der Waals surface area (Å²) >= 11 is 0. The van der Waals surface area contributed by atoms with Crippen LogP contribution in [-0.2, 0) is 9.59 Å². The quantitative estimate of drug-likeness (QED) is 0.815. The molecule has 0 saturated heterocycles. The summed E-state index contributed by atoms with van der Waals surface area (Å²) in [6.45, 7) is 8.33. The molecule has 138 valence electrons. The number of anilines is 2. The minimum absolute atomic E-state index is 0.0763. The van der Waals surface area contributed by atoms with Crippen LogP contribution in [0.5, 0.6) is 5.75 Å². The van der Waals surface area contributed by atoms with Gasteiger partial charge in [-0.1, -0.05) is 12.1 Å². The van der Waals surface area contributed by atoms with Crippen molar-refractivity contribution in [1.29, 1.82) is 0 Å². The van der Waals surface area contributed by atoms with E-state index >= 15 is 0 Å². The fourth-order valence-electron chi connectivity index (χ4n) is 2.70. The molecule has 0 fully saturated rings. The Morgan fingerprint density at radius 1 is 1.08 bits per heavy atom. The van der Waals surface area contributed by atoms with Gasteiger partial charge in [0.05, 0.1) is 6.61 Å². The Balaban J connectivity index is 1.99. The maximum Gasteiger partial charge on any atom is 0.226 e. The standard InChI is InChI=1S/C21H26N2O3/c1-5-26-19-10-8-18(9-11-19)22-21(25)12-13-23(17(4)24)20-14-15(2)6-7-16(20)3/h6-11,14H,5,12-13H2,1-4H3,(H,22,25). The van der Waals surface area contributed by atoms with E-state index in [-0.39, 0.29) is 18.2 Å². The first-order valence-corrected chi connectivity index (χ1v) is 8.78. The smallest absolute Gasteiger partial charge is 0.226 e. The number of benzene rings is 2. The number of hydrogen-bond donors (Lipinski definition) is 1. The Kier molecular flexibility index (Phi) is 6.78. The van der Waals surface area contributed by atoms with Gasteiger partial charge in [0, 0.05) is 31.3 Å². The zero-order valence-corrected chi connectivity index (χ0v) is 15.8. The van der Waals surface area contributed by atoms with Crippen LogP contribution < -0.4 is 15.0 Å². The molecule has 26 heavy (non-hydrogen) atoms. The number of ether oxygens (including phenoxy) is 1. The lowest BCUT2D eigenvalue weighted by Gasteiger charge is -2.23. The highest BCUT2D eigenvalue weighted by molar-refractivity contribution is 5.95. The first-order valence-electron chi connectivity index (χ1n) is 8.78. The molecule has 0 radical (unpaired) electrons. The Bertz CT molecular complexity index is 769. The number of hydrogen-bond acceptors (Lipinski definition) is 3. The fourth-order valence-corrected chi connectivity index (χ4v) is 2.70. The molecule has 0 aliphatic rings. The normalized spacial score (nSPS) is 10.3. The number of rotatable bonds is 7. The van der Waals surface area contributed by atoms with E-state index in [1.165, 1.54) is 6.92 Å². The lowest BCUT2D eigenvalue weighted by atomic mass is 10.1. The molecule has 0 aliphatic heterocycles. The molecule has 0 bridgehead atoms. The third-order valence-electron chi connectivity index (χ3n) is 4.05. The summed E-state index contributed by atoms with van der Waals surface area (Å²) in [5.74, 6) is 0.557. The average Bonchev–Trinajstić information content (AvgIpc) is 2.59. The minimum Gasteiger partial charge on any atom is -0.494 e. The highest BCUT2D eigenvalue weighted by Gasteiger charge is 2.15. The van der Waals surface area contributed by atoms with Gasteiger partial charge in [0.15, 0.2) is 0 Å². The molecule has 2 aromatic carbocycles. The highest BCUT2D eigenvalue weighted by Crippen LogP contribution is 2.22. The molecule has 0 spiro atoms. The molecule has 5 nitrogen and oxygen atoms in total. The summed E-state index contributed by atoms with van der Waals surface area (Å²) in [7, 11) is 0. The predicted molar refractivity (Wildman–Crippen MR) is 105 cm³/mol. The van der Waals surface area contributed by atoms with Crippen LogP contribution in [-0.4, -0.2) is 25.0 Å². The Morgan fingerprint density at radius 2 is 1.77 bits per heavy atom. The van der Waals surface area contributed by atoms with Crippen LogP contribution in [0.15, 0.2) is 42.5 Å². The van der Waals surface area contributed by atoms with Gasteiger partial charge >= 0.3 is 0 Å². The molecule has 0 aliphatic carbocycles. The van der Waals surface area contributed by atoms with Crippen LogP contribution in [0.1, 0.15) is 31.4 Å². The van der Waals surface area contributed by atoms with E-state index in [9.17, 15) is 9.59 Å². The van der Waals surface area contributed by atoms with Crippen LogP contribution in [0.2, 0.25) is 0 Å². The maximum atomic E-state index is 12.3. The third kappa shape index (κ3) is 5.34. The lowest BCUT2D eigenvalue weighted by molar-refractivity contribution is -0.117. The Morgan fingerprint density at radius 3 is 2.38 bits per heavy atom. The lowest BCUT2D eigenvalue weighted by Crippen LogP contribution is -2.32. The van der Waals surface area contributed by atoms with Crippen LogP contribution in [0.25, 0.3) is 0 Å². The Hall–Kier alpha value is -2.82. The van der Waals surface area contributed by atoms with Crippen LogP contribution in [0, 0.1) is 13.8 Å². The van der Waals surface area contributed by atoms with Gasteiger partial charge in [0.1, 0.15) is 5.75 Å². The molecule has 0 atom stereocenters. The maximum absolute atomic E-state index is 12.3. The fraction of sp³-hybridized carbons (Fsp3) is 0.333. The van der Waals surface area contributed by atoms with Crippen LogP contribution >= 0.6 is 0 Å². The van der Waals surface area contributed by atoms with Crippen LogP contribution in [0.4, 0.5) is 11.4 Å². The first-order chi connectivity index (χ1) is 12.4. The largest absolute Gasteiger partial charge is 0.494 e. The van der Waals surface area contributed by atoms with Gasteiger partial charge in [-0.05, 0) is 62.2 Å². The van der Waals surface area contributed by atoms with E-state index in [1.807, 2.05) is 51.1 Å². The van der Waals surface area contributed by atoms with E-state index in [2.05, 4.69) is 5.32 Å². The van der Waals surface area contributed by atoms with Crippen molar-refractivity contribution in [1.82, 2.24) is 0 Å². The number of aryl methyl sites for hydroxylation is 2. The Labute approximate surface area is 155 Å². The second-order valence-corrected chi connectivity index (χ2v) is 6.22. The monoisotopic (exact) mass is 354 g/mol. The second-order valence-electron chi connectivity index (χ2n) is 6.22. The van der Waals surface area contributed by atoms with Crippen molar-refractivity contribution < 1.29 is 14.3 Å². The molecule has 2 aromatic rings. The number of amides is 2. The van der Waals surface area contributed by atoms with Gasteiger partial charge < -0.3 is 15.0 Å². The van der Waals surface area contributed by atoms with Gasteiger partial charge in [-0.25, -0.2) is 0 Å². The topological polar surface area (TPSA) is 58.6 Å². The van der Waals surface area contributed by atoms with E-state index < -0.39 is 0 Å². The van der Waals surface area contributed by atoms with Crippen molar-refractivity contribution in [3.05, 3.63) is 53.6 Å². The van der Waals surface area contributed by atoms with Gasteiger partial charge in [-0.3, -0.25) is 9.59 Å². The predicted octanol–water partition coefficient (Wildman–Crippen LogP) is 4.08. The number of nitrogens with zero attached hydrogens (tertiary/aromatic N) is 1. The molecule has 2 amide bonds. The molecular weight excluding hydrogens is 328 g/mol. The minimum atomic E-state index is -0.134. The van der Waals surface area contributed by atoms with E-state index in [0.29, 0.717) is 18.8 Å². The number of carbonyl (C=O) groups is 2. The van der Waals surface area contributed by atoms with Crippen molar-refractivity contribution in [3.63, 3.8) is 0 Å². The average molecular weight is 354 g/mol.